The molecule has 0 aliphatic carbocycles. The summed E-state index contributed by atoms with van der Waals surface area (Å²) in [5, 5.41) is 1.05. The average molecular weight is 214 g/mol. The Morgan fingerprint density at radius 3 is 2.43 bits per heavy atom. The Morgan fingerprint density at radius 2 is 2.00 bits per heavy atom. The molecule has 0 aromatic carbocycles. The molecule has 0 aromatic heterocycles. The Kier molecular flexibility index (Phi) is 3.16. The van der Waals surface area contributed by atoms with E-state index in [1.807, 2.05) is 13.8 Å². The van der Waals surface area contributed by atoms with Crippen LogP contribution in [0.3, 0.4) is 0 Å². The summed E-state index contributed by atoms with van der Waals surface area (Å²) in [6.45, 7) is 10.4. The summed E-state index contributed by atoms with van der Waals surface area (Å²) < 4.78 is 10.6. The fraction of sp³-hybridized carbons (Fsp3) is 0.700. The van der Waals surface area contributed by atoms with Crippen LogP contribution >= 0.6 is 0 Å². The standard InChI is InChI=1S/C10H18O3Si/c1-7(2)12-10-8(14(3,4)5)6-9(11)13-10/h6-7,10H,1-5H3. The third-order valence-electron chi connectivity index (χ3n) is 2.01. The van der Waals surface area contributed by atoms with Crippen molar-refractivity contribution in [1.82, 2.24) is 0 Å². The number of rotatable bonds is 3. The smallest absolute Gasteiger partial charge is 0.333 e. The largest absolute Gasteiger partial charge is 0.429 e. The van der Waals surface area contributed by atoms with Crippen molar-refractivity contribution in [1.29, 1.82) is 0 Å². The average Bonchev–Trinajstić information content (AvgIpc) is 2.28. The molecule has 0 amide bonds. The zero-order valence-electron chi connectivity index (χ0n) is 9.46. The summed E-state index contributed by atoms with van der Waals surface area (Å²) in [7, 11) is -1.51. The van der Waals surface area contributed by atoms with Crippen LogP contribution in [0.4, 0.5) is 0 Å². The van der Waals surface area contributed by atoms with Crippen molar-refractivity contribution in [3.63, 3.8) is 0 Å². The zero-order valence-corrected chi connectivity index (χ0v) is 10.5. The summed E-state index contributed by atoms with van der Waals surface area (Å²) in [5.41, 5.74) is 0. The fourth-order valence-corrected chi connectivity index (χ4v) is 2.70. The molecule has 1 unspecified atom stereocenters. The Bertz CT molecular complexity index is 263. The lowest BCUT2D eigenvalue weighted by atomic mass is 10.4. The summed E-state index contributed by atoms with van der Waals surface area (Å²) in [6.07, 6.45) is 1.24. The van der Waals surface area contributed by atoms with Gasteiger partial charge in [0.2, 0.25) is 6.29 Å². The lowest BCUT2D eigenvalue weighted by molar-refractivity contribution is -0.164. The number of ether oxygens (including phenoxy) is 2. The van der Waals surface area contributed by atoms with E-state index in [9.17, 15) is 4.79 Å². The van der Waals surface area contributed by atoms with Gasteiger partial charge in [0.1, 0.15) is 0 Å². The molecule has 1 atom stereocenters. The quantitative estimate of drug-likeness (QED) is 0.533. The van der Waals surface area contributed by atoms with E-state index in [0.717, 1.165) is 5.20 Å². The molecule has 4 heteroatoms. The molecular formula is C10H18O3Si. The number of carbonyl (C=O) groups excluding carboxylic acids is 1. The molecule has 80 valence electrons. The minimum atomic E-state index is -1.51. The van der Waals surface area contributed by atoms with Gasteiger partial charge in [0, 0.05) is 6.08 Å². The highest BCUT2D eigenvalue weighted by Gasteiger charge is 2.36. The normalized spacial score (nSPS) is 22.6. The van der Waals surface area contributed by atoms with E-state index in [4.69, 9.17) is 9.47 Å². The Balaban J connectivity index is 2.79. The Morgan fingerprint density at radius 1 is 1.43 bits per heavy atom. The minimum Gasteiger partial charge on any atom is -0.429 e. The van der Waals surface area contributed by atoms with E-state index in [2.05, 4.69) is 19.6 Å². The minimum absolute atomic E-state index is 0.0747. The molecule has 0 N–H and O–H groups in total. The zero-order chi connectivity index (χ0) is 10.9. The van der Waals surface area contributed by atoms with Gasteiger partial charge in [-0.05, 0) is 19.0 Å². The monoisotopic (exact) mass is 214 g/mol. The molecule has 0 aromatic rings. The molecule has 14 heavy (non-hydrogen) atoms. The summed E-state index contributed by atoms with van der Waals surface area (Å²) in [5.74, 6) is -0.270. The van der Waals surface area contributed by atoms with Crippen molar-refractivity contribution >= 4 is 14.0 Å². The highest BCUT2D eigenvalue weighted by Crippen LogP contribution is 2.27. The van der Waals surface area contributed by atoms with Crippen molar-refractivity contribution in [3.05, 3.63) is 11.3 Å². The molecule has 0 saturated carbocycles. The molecular weight excluding hydrogens is 196 g/mol. The molecule has 3 nitrogen and oxygen atoms in total. The van der Waals surface area contributed by atoms with Crippen molar-refractivity contribution in [2.24, 2.45) is 0 Å². The third kappa shape index (κ3) is 2.69. The van der Waals surface area contributed by atoms with Crippen molar-refractivity contribution in [2.45, 2.75) is 45.9 Å². The Labute approximate surface area is 86.1 Å². The van der Waals surface area contributed by atoms with E-state index >= 15 is 0 Å². The molecule has 1 rings (SSSR count). The van der Waals surface area contributed by atoms with Gasteiger partial charge in [0.25, 0.3) is 0 Å². The van der Waals surface area contributed by atoms with Crippen LogP contribution in [0.15, 0.2) is 11.3 Å². The lowest BCUT2D eigenvalue weighted by Crippen LogP contribution is -2.33. The first-order valence-electron chi connectivity index (χ1n) is 4.89. The maximum atomic E-state index is 11.1. The first-order valence-corrected chi connectivity index (χ1v) is 8.39. The molecule has 0 spiro atoms. The molecule has 1 heterocycles. The second-order valence-electron chi connectivity index (χ2n) is 4.80. The predicted octanol–water partition coefficient (Wildman–Crippen LogP) is 2.10. The SMILES string of the molecule is CC(C)OC1OC(=O)C=C1[Si](C)(C)C. The number of carbonyl (C=O) groups is 1. The van der Waals surface area contributed by atoms with E-state index in [0.29, 0.717) is 0 Å². The van der Waals surface area contributed by atoms with Crippen LogP contribution in [0.5, 0.6) is 0 Å². The fourth-order valence-electron chi connectivity index (χ4n) is 1.32. The van der Waals surface area contributed by atoms with E-state index < -0.39 is 14.4 Å². The first-order chi connectivity index (χ1) is 6.30. The van der Waals surface area contributed by atoms with E-state index in [-0.39, 0.29) is 12.1 Å². The van der Waals surface area contributed by atoms with Gasteiger partial charge in [-0.25, -0.2) is 4.79 Å². The van der Waals surface area contributed by atoms with Crippen LogP contribution in [0.2, 0.25) is 19.6 Å². The molecule has 1 aliphatic heterocycles. The van der Waals surface area contributed by atoms with Gasteiger partial charge < -0.3 is 9.47 Å². The number of hydrogen-bond acceptors (Lipinski definition) is 3. The first kappa shape index (κ1) is 11.5. The molecule has 0 radical (unpaired) electrons. The second-order valence-corrected chi connectivity index (χ2v) is 9.88. The van der Waals surface area contributed by atoms with Crippen LogP contribution < -0.4 is 0 Å². The van der Waals surface area contributed by atoms with Crippen molar-refractivity contribution in [3.8, 4) is 0 Å². The van der Waals surface area contributed by atoms with Gasteiger partial charge in [-0.3, -0.25) is 0 Å². The van der Waals surface area contributed by atoms with E-state index in [1.54, 1.807) is 6.08 Å². The third-order valence-corrected chi connectivity index (χ3v) is 4.12. The number of esters is 1. The van der Waals surface area contributed by atoms with Gasteiger partial charge >= 0.3 is 5.97 Å². The van der Waals surface area contributed by atoms with Crippen LogP contribution in [0.1, 0.15) is 13.8 Å². The van der Waals surface area contributed by atoms with Gasteiger partial charge in [0.05, 0.1) is 14.2 Å². The van der Waals surface area contributed by atoms with Crippen molar-refractivity contribution < 1.29 is 14.3 Å². The summed E-state index contributed by atoms with van der Waals surface area (Å²) in [6, 6.07) is 0. The highest BCUT2D eigenvalue weighted by atomic mass is 28.3. The molecule has 0 fully saturated rings. The summed E-state index contributed by atoms with van der Waals surface area (Å²) >= 11 is 0. The van der Waals surface area contributed by atoms with Crippen molar-refractivity contribution in [2.75, 3.05) is 0 Å². The number of cyclic esters (lactones) is 1. The van der Waals surface area contributed by atoms with Gasteiger partial charge in [0.15, 0.2) is 0 Å². The highest BCUT2D eigenvalue weighted by molar-refractivity contribution is 6.83. The van der Waals surface area contributed by atoms with Crippen LogP contribution in [0.25, 0.3) is 0 Å². The molecule has 0 bridgehead atoms. The molecule has 0 saturated heterocycles. The summed E-state index contributed by atoms with van der Waals surface area (Å²) in [4.78, 5) is 11.1. The van der Waals surface area contributed by atoms with Crippen LogP contribution in [-0.4, -0.2) is 26.4 Å². The number of hydrogen-bond donors (Lipinski definition) is 0. The topological polar surface area (TPSA) is 35.5 Å². The van der Waals surface area contributed by atoms with Gasteiger partial charge in [-0.2, -0.15) is 0 Å². The van der Waals surface area contributed by atoms with Gasteiger partial charge in [-0.1, -0.05) is 19.6 Å². The van der Waals surface area contributed by atoms with Crippen LogP contribution in [0, 0.1) is 0 Å². The maximum Gasteiger partial charge on any atom is 0.333 e. The van der Waals surface area contributed by atoms with Crippen LogP contribution in [-0.2, 0) is 14.3 Å². The predicted molar refractivity (Wildman–Crippen MR) is 57.5 cm³/mol. The Hall–Kier alpha value is -0.613. The van der Waals surface area contributed by atoms with Gasteiger partial charge in [-0.15, -0.1) is 0 Å². The van der Waals surface area contributed by atoms with E-state index in [1.165, 1.54) is 0 Å². The maximum absolute atomic E-state index is 11.1. The lowest BCUT2D eigenvalue weighted by Gasteiger charge is -2.24. The molecule has 1 aliphatic rings. The second kappa shape index (κ2) is 3.86.